The van der Waals surface area contributed by atoms with Crippen LogP contribution >= 0.6 is 11.6 Å². The molecule has 5 nitrogen and oxygen atoms in total. The maximum absolute atomic E-state index is 13.0. The highest BCUT2D eigenvalue weighted by Gasteiger charge is 2.33. The van der Waals surface area contributed by atoms with E-state index >= 15 is 0 Å². The van der Waals surface area contributed by atoms with Gasteiger partial charge in [-0.25, -0.2) is 0 Å². The number of amides is 1. The van der Waals surface area contributed by atoms with Gasteiger partial charge in [0.1, 0.15) is 0 Å². The van der Waals surface area contributed by atoms with Gasteiger partial charge in [0.2, 0.25) is 5.91 Å². The number of halogens is 1. The van der Waals surface area contributed by atoms with Crippen LogP contribution in [-0.2, 0) is 11.2 Å². The Morgan fingerprint density at radius 1 is 1.12 bits per heavy atom. The number of nitrogens with zero attached hydrogens (tertiary/aromatic N) is 4. The summed E-state index contributed by atoms with van der Waals surface area (Å²) in [6.07, 6.45) is 2.85. The average molecular weight is 343 g/mol. The molecule has 1 atom stereocenters. The molecule has 2 aromatic rings. The number of benzene rings is 1. The third-order valence-corrected chi connectivity index (χ3v) is 5.07. The summed E-state index contributed by atoms with van der Waals surface area (Å²) in [6.45, 7) is 2.37. The molecule has 1 amide bonds. The van der Waals surface area contributed by atoms with E-state index in [4.69, 9.17) is 11.6 Å². The van der Waals surface area contributed by atoms with Crippen LogP contribution in [0.3, 0.4) is 0 Å². The molecule has 2 aliphatic rings. The number of hydrogen-bond donors (Lipinski definition) is 0. The lowest BCUT2D eigenvalue weighted by Gasteiger charge is -2.34. The predicted octanol–water partition coefficient (Wildman–Crippen LogP) is 2.94. The van der Waals surface area contributed by atoms with Gasteiger partial charge in [-0.15, -0.1) is 10.2 Å². The van der Waals surface area contributed by atoms with Crippen molar-refractivity contribution in [2.24, 2.45) is 5.92 Å². The number of anilines is 2. The third kappa shape index (κ3) is 2.84. The fourth-order valence-electron chi connectivity index (χ4n) is 3.65. The summed E-state index contributed by atoms with van der Waals surface area (Å²) < 4.78 is 0. The van der Waals surface area contributed by atoms with E-state index in [9.17, 15) is 4.79 Å². The standard InChI is InChI=1S/C18H19ClN4O/c19-16-7-8-17(21-20-16)22-10-3-5-14(12-22)18(24)23-11-9-13-4-1-2-6-15(13)23/h1-2,4,6-8,14H,3,5,9-12H2/t14-/m1/s1. The predicted molar refractivity (Wildman–Crippen MR) is 94.5 cm³/mol. The Kier molecular flexibility index (Phi) is 4.10. The minimum absolute atomic E-state index is 0.00221. The zero-order chi connectivity index (χ0) is 16.5. The number of para-hydroxylation sites is 1. The first-order valence-corrected chi connectivity index (χ1v) is 8.73. The zero-order valence-electron chi connectivity index (χ0n) is 13.4. The lowest BCUT2D eigenvalue weighted by molar-refractivity contribution is -0.122. The van der Waals surface area contributed by atoms with Crippen LogP contribution in [0.1, 0.15) is 18.4 Å². The van der Waals surface area contributed by atoms with E-state index in [1.807, 2.05) is 29.2 Å². The van der Waals surface area contributed by atoms with Crippen LogP contribution in [0.5, 0.6) is 0 Å². The van der Waals surface area contributed by atoms with Gasteiger partial charge in [-0.05, 0) is 43.0 Å². The number of carbonyl (C=O) groups excluding carboxylic acids is 1. The largest absolute Gasteiger partial charge is 0.354 e. The Balaban J connectivity index is 1.50. The van der Waals surface area contributed by atoms with Crippen LogP contribution in [0, 0.1) is 5.92 Å². The van der Waals surface area contributed by atoms with Crippen molar-refractivity contribution in [2.75, 3.05) is 29.4 Å². The molecule has 1 saturated heterocycles. The molecule has 0 unspecified atom stereocenters. The maximum Gasteiger partial charge on any atom is 0.231 e. The first-order chi connectivity index (χ1) is 11.7. The summed E-state index contributed by atoms with van der Waals surface area (Å²) in [5.74, 6) is 1.02. The highest BCUT2D eigenvalue weighted by molar-refractivity contribution is 6.29. The molecular formula is C18H19ClN4O. The quantitative estimate of drug-likeness (QED) is 0.842. The lowest BCUT2D eigenvalue weighted by atomic mass is 9.96. The molecule has 124 valence electrons. The summed E-state index contributed by atoms with van der Waals surface area (Å²) in [5.41, 5.74) is 2.34. The van der Waals surface area contributed by atoms with Gasteiger partial charge in [-0.2, -0.15) is 0 Å². The average Bonchev–Trinajstić information content (AvgIpc) is 3.06. The van der Waals surface area contributed by atoms with Crippen molar-refractivity contribution in [3.8, 4) is 0 Å². The van der Waals surface area contributed by atoms with Crippen LogP contribution in [0.4, 0.5) is 11.5 Å². The van der Waals surface area contributed by atoms with Gasteiger partial charge in [-0.3, -0.25) is 4.79 Å². The molecule has 6 heteroatoms. The molecule has 0 radical (unpaired) electrons. The van der Waals surface area contributed by atoms with Gasteiger partial charge in [0.15, 0.2) is 11.0 Å². The Morgan fingerprint density at radius 2 is 2.00 bits per heavy atom. The first kappa shape index (κ1) is 15.4. The van der Waals surface area contributed by atoms with Crippen LogP contribution in [0.25, 0.3) is 0 Å². The van der Waals surface area contributed by atoms with Gasteiger partial charge in [0, 0.05) is 25.3 Å². The van der Waals surface area contributed by atoms with Gasteiger partial charge >= 0.3 is 0 Å². The smallest absolute Gasteiger partial charge is 0.231 e. The Morgan fingerprint density at radius 3 is 2.83 bits per heavy atom. The molecule has 4 rings (SSSR count). The van der Waals surface area contributed by atoms with Crippen molar-refractivity contribution in [3.63, 3.8) is 0 Å². The molecule has 1 aromatic carbocycles. The van der Waals surface area contributed by atoms with E-state index in [0.29, 0.717) is 11.7 Å². The van der Waals surface area contributed by atoms with Crippen molar-refractivity contribution >= 4 is 29.0 Å². The van der Waals surface area contributed by atoms with E-state index in [0.717, 1.165) is 43.9 Å². The molecule has 1 aromatic heterocycles. The molecule has 1 fully saturated rings. The second kappa shape index (κ2) is 6.40. The minimum Gasteiger partial charge on any atom is -0.354 e. The summed E-state index contributed by atoms with van der Waals surface area (Å²) >= 11 is 5.81. The Labute approximate surface area is 146 Å². The highest BCUT2D eigenvalue weighted by Crippen LogP contribution is 2.31. The second-order valence-electron chi connectivity index (χ2n) is 6.37. The molecular weight excluding hydrogens is 324 g/mol. The zero-order valence-corrected chi connectivity index (χ0v) is 14.1. The second-order valence-corrected chi connectivity index (χ2v) is 6.76. The van der Waals surface area contributed by atoms with E-state index in [1.54, 1.807) is 6.07 Å². The van der Waals surface area contributed by atoms with Crippen molar-refractivity contribution < 1.29 is 4.79 Å². The van der Waals surface area contributed by atoms with Crippen molar-refractivity contribution in [1.29, 1.82) is 0 Å². The van der Waals surface area contributed by atoms with Crippen LogP contribution in [0.15, 0.2) is 36.4 Å². The van der Waals surface area contributed by atoms with E-state index in [1.165, 1.54) is 5.56 Å². The summed E-state index contributed by atoms with van der Waals surface area (Å²) in [4.78, 5) is 17.1. The molecule has 3 heterocycles. The van der Waals surface area contributed by atoms with Gasteiger partial charge in [-0.1, -0.05) is 29.8 Å². The highest BCUT2D eigenvalue weighted by atomic mass is 35.5. The Hall–Kier alpha value is -2.14. The molecule has 2 aliphatic heterocycles. The van der Waals surface area contributed by atoms with Crippen LogP contribution in [-0.4, -0.2) is 35.7 Å². The molecule has 0 spiro atoms. The van der Waals surface area contributed by atoms with E-state index in [2.05, 4.69) is 21.2 Å². The number of rotatable bonds is 2. The maximum atomic E-state index is 13.0. The molecule has 0 bridgehead atoms. The SMILES string of the molecule is O=C([C@@H]1CCCN(c2ccc(Cl)nn2)C1)N1CCc2ccccc21. The molecule has 0 aliphatic carbocycles. The number of carbonyl (C=O) groups is 1. The van der Waals surface area contributed by atoms with E-state index < -0.39 is 0 Å². The molecule has 24 heavy (non-hydrogen) atoms. The van der Waals surface area contributed by atoms with Crippen LogP contribution < -0.4 is 9.80 Å². The molecule has 0 N–H and O–H groups in total. The van der Waals surface area contributed by atoms with Crippen molar-refractivity contribution in [3.05, 3.63) is 47.1 Å². The Bertz CT molecular complexity index is 749. The van der Waals surface area contributed by atoms with Crippen molar-refractivity contribution in [1.82, 2.24) is 10.2 Å². The molecule has 0 saturated carbocycles. The fourth-order valence-corrected chi connectivity index (χ4v) is 3.75. The van der Waals surface area contributed by atoms with Gasteiger partial charge in [0.25, 0.3) is 0 Å². The van der Waals surface area contributed by atoms with E-state index in [-0.39, 0.29) is 11.8 Å². The minimum atomic E-state index is 0.00221. The van der Waals surface area contributed by atoms with Crippen LogP contribution in [0.2, 0.25) is 5.15 Å². The summed E-state index contributed by atoms with van der Waals surface area (Å²) in [6, 6.07) is 11.8. The third-order valence-electron chi connectivity index (χ3n) is 4.87. The normalized spacial score (nSPS) is 20.1. The summed E-state index contributed by atoms with van der Waals surface area (Å²) in [5, 5.41) is 8.44. The lowest BCUT2D eigenvalue weighted by Crippen LogP contribution is -2.44. The number of fused-ring (bicyclic) bond motifs is 1. The van der Waals surface area contributed by atoms with Gasteiger partial charge in [0.05, 0.1) is 5.92 Å². The van der Waals surface area contributed by atoms with Crippen molar-refractivity contribution in [2.45, 2.75) is 19.3 Å². The van der Waals surface area contributed by atoms with Gasteiger partial charge < -0.3 is 9.80 Å². The monoisotopic (exact) mass is 342 g/mol. The number of piperidine rings is 1. The first-order valence-electron chi connectivity index (χ1n) is 8.36. The fraction of sp³-hybridized carbons (Fsp3) is 0.389. The number of aromatic nitrogens is 2. The number of hydrogen-bond acceptors (Lipinski definition) is 4. The topological polar surface area (TPSA) is 49.3 Å². The summed E-state index contributed by atoms with van der Waals surface area (Å²) in [7, 11) is 0.